The zero-order valence-corrected chi connectivity index (χ0v) is 17.8. The molecule has 2 fully saturated rings. The van der Waals surface area contributed by atoms with E-state index in [1.165, 1.54) is 10.5 Å². The number of carbonyl (C=O) groups is 2. The molecule has 0 N–H and O–H groups in total. The minimum Gasteiger partial charge on any atom is -0.297 e. The minimum absolute atomic E-state index is 0.102. The lowest BCUT2D eigenvalue weighted by molar-refractivity contribution is -0.123. The highest BCUT2D eigenvalue weighted by Gasteiger charge is 2.43. The van der Waals surface area contributed by atoms with E-state index in [9.17, 15) is 9.59 Å². The van der Waals surface area contributed by atoms with Crippen molar-refractivity contribution in [1.29, 1.82) is 0 Å². The van der Waals surface area contributed by atoms with E-state index in [4.69, 9.17) is 0 Å². The van der Waals surface area contributed by atoms with Gasteiger partial charge in [0, 0.05) is 37.2 Å². The highest BCUT2D eigenvalue weighted by molar-refractivity contribution is 9.10. The van der Waals surface area contributed by atoms with Crippen LogP contribution in [0.4, 0.5) is 5.69 Å². The van der Waals surface area contributed by atoms with E-state index in [0.717, 1.165) is 37.2 Å². The van der Waals surface area contributed by atoms with E-state index in [0.29, 0.717) is 5.69 Å². The summed E-state index contributed by atoms with van der Waals surface area (Å²) in [7, 11) is 0. The van der Waals surface area contributed by atoms with Gasteiger partial charge in [0.05, 0.1) is 18.2 Å². The first-order chi connectivity index (χ1) is 14.1. The largest absolute Gasteiger partial charge is 0.297 e. The number of benzene rings is 2. The Morgan fingerprint density at radius 2 is 1.62 bits per heavy atom. The Kier molecular flexibility index (Phi) is 6.23. The van der Waals surface area contributed by atoms with Gasteiger partial charge in [0.2, 0.25) is 5.91 Å². The molecule has 2 aromatic rings. The molecule has 2 aromatic carbocycles. The number of hydrogen-bond donors (Lipinski definition) is 0. The van der Waals surface area contributed by atoms with Gasteiger partial charge in [-0.3, -0.25) is 19.4 Å². The van der Waals surface area contributed by atoms with E-state index in [2.05, 4.69) is 50.0 Å². The summed E-state index contributed by atoms with van der Waals surface area (Å²) in [5, 5.41) is 0. The molecular weight excluding hydrogens is 430 g/mol. The maximum absolute atomic E-state index is 12.9. The Morgan fingerprint density at radius 1 is 0.931 bits per heavy atom. The van der Waals surface area contributed by atoms with Crippen LogP contribution < -0.4 is 4.90 Å². The zero-order valence-electron chi connectivity index (χ0n) is 16.2. The van der Waals surface area contributed by atoms with Crippen LogP contribution in [0.2, 0.25) is 0 Å². The summed E-state index contributed by atoms with van der Waals surface area (Å²) in [6.07, 6.45) is 4.59. The topological polar surface area (TPSA) is 43.9 Å². The molecule has 2 heterocycles. The Bertz CT molecular complexity index is 890. The smallest absolute Gasteiger partial charge is 0.251 e. The second-order valence-corrected chi connectivity index (χ2v) is 8.33. The van der Waals surface area contributed by atoms with E-state index < -0.39 is 0 Å². The number of anilines is 1. The van der Waals surface area contributed by atoms with E-state index >= 15 is 0 Å². The van der Waals surface area contributed by atoms with Crippen molar-refractivity contribution >= 4 is 39.5 Å². The summed E-state index contributed by atoms with van der Waals surface area (Å²) < 4.78 is 0.925. The molecule has 0 saturated carbocycles. The molecule has 2 saturated heterocycles. The maximum Gasteiger partial charge on any atom is 0.251 e. The summed E-state index contributed by atoms with van der Waals surface area (Å²) in [6.45, 7) is 4.30. The van der Waals surface area contributed by atoms with Crippen LogP contribution in [0.1, 0.15) is 12.0 Å². The van der Waals surface area contributed by atoms with Crippen LogP contribution in [0.3, 0.4) is 0 Å². The molecule has 0 bridgehead atoms. The number of piperazine rings is 1. The molecule has 0 spiro atoms. The third-order valence-electron chi connectivity index (χ3n) is 5.53. The lowest BCUT2D eigenvalue weighted by Crippen LogP contribution is -2.52. The molecule has 0 aromatic heterocycles. The standard InChI is InChI=1S/C23H24BrN3O2/c24-19-8-10-20(11-9-19)27-22(28)17-21(23(27)29)26-15-13-25(14-16-26)12-4-7-18-5-2-1-3-6-18/h1-11,21H,12-17H2. The maximum atomic E-state index is 12.9. The second-order valence-electron chi connectivity index (χ2n) is 7.41. The number of hydrogen-bond acceptors (Lipinski definition) is 4. The quantitative estimate of drug-likeness (QED) is 0.650. The predicted molar refractivity (Wildman–Crippen MR) is 119 cm³/mol. The van der Waals surface area contributed by atoms with Gasteiger partial charge in [-0.25, -0.2) is 4.90 Å². The molecule has 2 aliphatic rings. The third kappa shape index (κ3) is 4.66. The van der Waals surface area contributed by atoms with Gasteiger partial charge in [0.1, 0.15) is 0 Å². The van der Waals surface area contributed by atoms with Crippen LogP contribution in [0, 0.1) is 0 Å². The van der Waals surface area contributed by atoms with Gasteiger partial charge in [-0.1, -0.05) is 58.4 Å². The number of amides is 2. The van der Waals surface area contributed by atoms with Gasteiger partial charge in [-0.05, 0) is 29.8 Å². The monoisotopic (exact) mass is 453 g/mol. The van der Waals surface area contributed by atoms with Crippen molar-refractivity contribution in [1.82, 2.24) is 9.80 Å². The average molecular weight is 454 g/mol. The molecule has 0 radical (unpaired) electrons. The van der Waals surface area contributed by atoms with Crippen molar-refractivity contribution in [2.75, 3.05) is 37.6 Å². The van der Waals surface area contributed by atoms with Crippen LogP contribution in [-0.2, 0) is 9.59 Å². The lowest BCUT2D eigenvalue weighted by Gasteiger charge is -2.36. The molecular formula is C23H24BrN3O2. The van der Waals surface area contributed by atoms with Gasteiger partial charge in [0.25, 0.3) is 5.91 Å². The Morgan fingerprint density at radius 3 is 2.31 bits per heavy atom. The van der Waals surface area contributed by atoms with Gasteiger partial charge < -0.3 is 0 Å². The molecule has 2 amide bonds. The van der Waals surface area contributed by atoms with E-state index in [1.54, 1.807) is 12.1 Å². The fourth-order valence-corrected chi connectivity index (χ4v) is 4.19. The van der Waals surface area contributed by atoms with Gasteiger partial charge in [0.15, 0.2) is 0 Å². The summed E-state index contributed by atoms with van der Waals surface area (Å²) in [5.41, 5.74) is 1.85. The zero-order chi connectivity index (χ0) is 20.2. The normalized spacial score (nSPS) is 21.4. The first-order valence-electron chi connectivity index (χ1n) is 9.92. The number of rotatable bonds is 5. The number of carbonyl (C=O) groups excluding carboxylic acids is 2. The Balaban J connectivity index is 1.31. The molecule has 0 aliphatic carbocycles. The third-order valence-corrected chi connectivity index (χ3v) is 6.06. The Labute approximate surface area is 179 Å². The number of nitrogens with zero attached hydrogens (tertiary/aromatic N) is 3. The fourth-order valence-electron chi connectivity index (χ4n) is 3.92. The predicted octanol–water partition coefficient (Wildman–Crippen LogP) is 3.41. The number of imide groups is 1. The highest BCUT2D eigenvalue weighted by atomic mass is 79.9. The Hall–Kier alpha value is -2.28. The fraction of sp³-hybridized carbons (Fsp3) is 0.304. The van der Waals surface area contributed by atoms with E-state index in [1.807, 2.05) is 30.3 Å². The van der Waals surface area contributed by atoms with Crippen molar-refractivity contribution in [3.63, 3.8) is 0 Å². The lowest BCUT2D eigenvalue weighted by atomic mass is 10.1. The first-order valence-corrected chi connectivity index (χ1v) is 10.7. The molecule has 1 atom stereocenters. The molecule has 5 nitrogen and oxygen atoms in total. The first kappa shape index (κ1) is 20.0. The molecule has 6 heteroatoms. The average Bonchev–Trinajstić information content (AvgIpc) is 3.04. The minimum atomic E-state index is -0.340. The SMILES string of the molecule is O=C1CC(N2CCN(CC=Cc3ccccc3)CC2)C(=O)N1c1ccc(Br)cc1. The van der Waals surface area contributed by atoms with Crippen molar-refractivity contribution in [2.45, 2.75) is 12.5 Å². The van der Waals surface area contributed by atoms with E-state index in [-0.39, 0.29) is 24.3 Å². The van der Waals surface area contributed by atoms with Gasteiger partial charge in [-0.2, -0.15) is 0 Å². The van der Waals surface area contributed by atoms with Crippen molar-refractivity contribution in [2.24, 2.45) is 0 Å². The summed E-state index contributed by atoms with van der Waals surface area (Å²) in [6, 6.07) is 17.3. The van der Waals surface area contributed by atoms with Crippen LogP contribution in [-0.4, -0.2) is 60.4 Å². The van der Waals surface area contributed by atoms with Crippen LogP contribution in [0.25, 0.3) is 6.08 Å². The second kappa shape index (κ2) is 9.03. The summed E-state index contributed by atoms with van der Waals surface area (Å²) in [4.78, 5) is 31.3. The van der Waals surface area contributed by atoms with Gasteiger partial charge >= 0.3 is 0 Å². The van der Waals surface area contributed by atoms with Crippen molar-refractivity contribution in [3.8, 4) is 0 Å². The molecule has 2 aliphatic heterocycles. The van der Waals surface area contributed by atoms with Crippen LogP contribution in [0.5, 0.6) is 0 Å². The number of halogens is 1. The highest BCUT2D eigenvalue weighted by Crippen LogP contribution is 2.27. The van der Waals surface area contributed by atoms with Crippen LogP contribution in [0.15, 0.2) is 65.1 Å². The molecule has 1 unspecified atom stereocenters. The molecule has 150 valence electrons. The van der Waals surface area contributed by atoms with Crippen molar-refractivity contribution < 1.29 is 9.59 Å². The molecule has 29 heavy (non-hydrogen) atoms. The van der Waals surface area contributed by atoms with Crippen LogP contribution >= 0.6 is 15.9 Å². The summed E-state index contributed by atoms with van der Waals surface area (Å²) >= 11 is 3.39. The summed E-state index contributed by atoms with van der Waals surface area (Å²) in [5.74, 6) is -0.217. The van der Waals surface area contributed by atoms with Crippen molar-refractivity contribution in [3.05, 3.63) is 70.7 Å². The molecule has 4 rings (SSSR count). The van der Waals surface area contributed by atoms with Gasteiger partial charge in [-0.15, -0.1) is 0 Å².